The molecule has 1 saturated heterocycles. The van der Waals surface area contributed by atoms with E-state index in [2.05, 4.69) is 27.8 Å². The molecular formula is C16H20ClN3O2S. The Hall–Kier alpha value is -1.47. The summed E-state index contributed by atoms with van der Waals surface area (Å²) in [4.78, 5) is 16.5. The monoisotopic (exact) mass is 353 g/mol. The zero-order valence-corrected chi connectivity index (χ0v) is 14.3. The molecular weight excluding hydrogens is 334 g/mol. The Morgan fingerprint density at radius 3 is 2.96 bits per heavy atom. The van der Waals surface area contributed by atoms with Crippen LogP contribution in [0.5, 0.6) is 0 Å². The summed E-state index contributed by atoms with van der Waals surface area (Å²) in [5.41, 5.74) is 2.14. The minimum Gasteiger partial charge on any atom is -0.366 e. The molecule has 2 N–H and O–H groups in total. The Bertz CT molecular complexity index is 615. The lowest BCUT2D eigenvalue weighted by Crippen LogP contribution is -2.48. The number of carbonyl (C=O) groups is 1. The van der Waals surface area contributed by atoms with E-state index in [1.54, 1.807) is 11.3 Å². The van der Waals surface area contributed by atoms with E-state index in [1.807, 2.05) is 23.6 Å². The normalized spacial score (nSPS) is 17.3. The van der Waals surface area contributed by atoms with Gasteiger partial charge in [0.2, 0.25) is 5.91 Å². The van der Waals surface area contributed by atoms with Crippen molar-refractivity contribution in [2.45, 2.75) is 12.5 Å². The second-order valence-electron chi connectivity index (χ2n) is 5.11. The summed E-state index contributed by atoms with van der Waals surface area (Å²) >= 11 is 1.63. The third kappa shape index (κ3) is 5.00. The smallest absolute Gasteiger partial charge is 0.250 e. The number of aromatic nitrogens is 1. The van der Waals surface area contributed by atoms with E-state index in [1.165, 1.54) is 0 Å². The number of carbonyl (C=O) groups excluding carboxylic acids is 1. The van der Waals surface area contributed by atoms with Gasteiger partial charge < -0.3 is 15.4 Å². The second-order valence-corrected chi connectivity index (χ2v) is 5.97. The van der Waals surface area contributed by atoms with Gasteiger partial charge in [-0.2, -0.15) is 0 Å². The molecule has 1 unspecified atom stereocenters. The maximum atomic E-state index is 11.9. The third-order valence-corrected chi connectivity index (χ3v) is 4.41. The highest BCUT2D eigenvalue weighted by molar-refractivity contribution is 7.13. The van der Waals surface area contributed by atoms with Gasteiger partial charge >= 0.3 is 0 Å². The molecule has 7 heteroatoms. The van der Waals surface area contributed by atoms with Crippen LogP contribution in [0.25, 0.3) is 10.6 Å². The molecule has 2 aromatic rings. The predicted molar refractivity (Wildman–Crippen MR) is 94.1 cm³/mol. The van der Waals surface area contributed by atoms with Crippen LogP contribution in [0.4, 0.5) is 0 Å². The van der Waals surface area contributed by atoms with Crippen LogP contribution in [0.15, 0.2) is 35.7 Å². The number of morpholine rings is 1. The molecule has 1 aromatic heterocycles. The lowest BCUT2D eigenvalue weighted by Gasteiger charge is -2.22. The molecule has 1 aliphatic rings. The lowest BCUT2D eigenvalue weighted by molar-refractivity contribution is -0.134. The molecule has 1 aliphatic heterocycles. The Morgan fingerprint density at radius 1 is 1.39 bits per heavy atom. The fourth-order valence-corrected chi connectivity index (χ4v) is 3.16. The number of amides is 1. The summed E-state index contributed by atoms with van der Waals surface area (Å²) in [6.07, 6.45) is 0.360. The van der Waals surface area contributed by atoms with Gasteiger partial charge in [0.15, 0.2) is 0 Å². The van der Waals surface area contributed by atoms with Crippen LogP contribution in [-0.4, -0.2) is 43.2 Å². The zero-order valence-electron chi connectivity index (χ0n) is 12.7. The lowest BCUT2D eigenvalue weighted by atomic mass is 10.2. The van der Waals surface area contributed by atoms with Gasteiger partial charge in [0.25, 0.3) is 0 Å². The number of halogens is 1. The molecule has 0 aliphatic carbocycles. The number of hydrogen-bond donors (Lipinski definition) is 2. The molecule has 0 bridgehead atoms. The Kier molecular flexibility index (Phi) is 6.98. The average Bonchev–Trinajstić information content (AvgIpc) is 3.05. The van der Waals surface area contributed by atoms with Gasteiger partial charge in [0, 0.05) is 37.0 Å². The fraction of sp³-hybridized carbons (Fsp3) is 0.375. The highest BCUT2D eigenvalue weighted by Crippen LogP contribution is 2.23. The first-order chi connectivity index (χ1) is 10.8. The number of ether oxygens (including phenoxy) is 1. The van der Waals surface area contributed by atoms with Crippen molar-refractivity contribution >= 4 is 29.7 Å². The molecule has 1 amide bonds. The molecule has 2 heterocycles. The summed E-state index contributed by atoms with van der Waals surface area (Å²) < 4.78 is 5.42. The van der Waals surface area contributed by atoms with E-state index in [0.29, 0.717) is 19.7 Å². The van der Waals surface area contributed by atoms with Crippen LogP contribution in [-0.2, 0) is 16.0 Å². The van der Waals surface area contributed by atoms with Crippen molar-refractivity contribution in [3.05, 3.63) is 41.4 Å². The van der Waals surface area contributed by atoms with E-state index in [-0.39, 0.29) is 24.4 Å². The van der Waals surface area contributed by atoms with Crippen molar-refractivity contribution in [3.8, 4) is 10.6 Å². The van der Waals surface area contributed by atoms with E-state index in [9.17, 15) is 4.79 Å². The first-order valence-electron chi connectivity index (χ1n) is 7.43. The Morgan fingerprint density at radius 2 is 2.22 bits per heavy atom. The molecule has 1 atom stereocenters. The summed E-state index contributed by atoms with van der Waals surface area (Å²) in [6.45, 7) is 2.56. The first kappa shape index (κ1) is 17.9. The highest BCUT2D eigenvalue weighted by atomic mass is 35.5. The summed E-state index contributed by atoms with van der Waals surface area (Å²) in [6, 6.07) is 10.1. The summed E-state index contributed by atoms with van der Waals surface area (Å²) in [5.74, 6) is -0.0503. The average molecular weight is 354 g/mol. The molecule has 0 saturated carbocycles. The van der Waals surface area contributed by atoms with Crippen LogP contribution in [0.3, 0.4) is 0 Å². The van der Waals surface area contributed by atoms with Gasteiger partial charge in [0.1, 0.15) is 11.1 Å². The maximum Gasteiger partial charge on any atom is 0.250 e. The minimum atomic E-state index is -0.371. The third-order valence-electron chi connectivity index (χ3n) is 3.47. The predicted octanol–water partition coefficient (Wildman–Crippen LogP) is 1.88. The zero-order chi connectivity index (χ0) is 15.2. The van der Waals surface area contributed by atoms with E-state index >= 15 is 0 Å². The first-order valence-corrected chi connectivity index (χ1v) is 8.31. The second kappa shape index (κ2) is 8.98. The molecule has 124 valence electrons. The molecule has 23 heavy (non-hydrogen) atoms. The maximum absolute atomic E-state index is 11.9. The molecule has 1 fully saturated rings. The summed E-state index contributed by atoms with van der Waals surface area (Å²) in [7, 11) is 0. The van der Waals surface area contributed by atoms with Gasteiger partial charge in [0.05, 0.1) is 12.3 Å². The van der Waals surface area contributed by atoms with E-state index in [0.717, 1.165) is 29.2 Å². The van der Waals surface area contributed by atoms with Gasteiger partial charge in [-0.1, -0.05) is 30.3 Å². The highest BCUT2D eigenvalue weighted by Gasteiger charge is 2.21. The van der Waals surface area contributed by atoms with E-state index < -0.39 is 0 Å². The standard InChI is InChI=1S/C16H19N3O2S.ClH/c20-15(14-10-17-8-9-21-14)18-7-6-13-11-22-16(19-13)12-4-2-1-3-5-12;/h1-5,11,14,17H,6-10H2,(H,18,20);1H. The van der Waals surface area contributed by atoms with Crippen LogP contribution < -0.4 is 10.6 Å². The molecule has 1 aromatic carbocycles. The largest absolute Gasteiger partial charge is 0.366 e. The van der Waals surface area contributed by atoms with Crippen LogP contribution in [0, 0.1) is 0 Å². The van der Waals surface area contributed by atoms with Crippen molar-refractivity contribution in [1.82, 2.24) is 15.6 Å². The molecule has 5 nitrogen and oxygen atoms in total. The SMILES string of the molecule is Cl.O=C(NCCc1csc(-c2ccccc2)n1)C1CNCCO1. The number of rotatable bonds is 5. The fourth-order valence-electron chi connectivity index (χ4n) is 2.30. The minimum absolute atomic E-state index is 0. The van der Waals surface area contributed by atoms with Gasteiger partial charge in [-0.05, 0) is 0 Å². The van der Waals surface area contributed by atoms with Crippen molar-refractivity contribution in [2.24, 2.45) is 0 Å². The number of benzene rings is 1. The van der Waals surface area contributed by atoms with Crippen molar-refractivity contribution in [3.63, 3.8) is 0 Å². The Labute approximate surface area is 145 Å². The van der Waals surface area contributed by atoms with Gasteiger partial charge in [-0.25, -0.2) is 4.98 Å². The molecule has 3 rings (SSSR count). The number of nitrogens with one attached hydrogen (secondary N) is 2. The van der Waals surface area contributed by atoms with Crippen LogP contribution >= 0.6 is 23.7 Å². The quantitative estimate of drug-likeness (QED) is 0.861. The van der Waals surface area contributed by atoms with Crippen molar-refractivity contribution in [1.29, 1.82) is 0 Å². The topological polar surface area (TPSA) is 63.2 Å². The Balaban J connectivity index is 0.00000192. The van der Waals surface area contributed by atoms with Crippen LogP contribution in [0.2, 0.25) is 0 Å². The summed E-state index contributed by atoms with van der Waals surface area (Å²) in [5, 5.41) is 9.12. The van der Waals surface area contributed by atoms with Crippen molar-refractivity contribution < 1.29 is 9.53 Å². The number of thiazole rings is 1. The molecule has 0 spiro atoms. The van der Waals surface area contributed by atoms with Gasteiger partial charge in [-0.3, -0.25) is 4.79 Å². The van der Waals surface area contributed by atoms with Crippen molar-refractivity contribution in [2.75, 3.05) is 26.2 Å². The van der Waals surface area contributed by atoms with Crippen LogP contribution in [0.1, 0.15) is 5.69 Å². The van der Waals surface area contributed by atoms with Gasteiger partial charge in [-0.15, -0.1) is 23.7 Å². The molecule has 0 radical (unpaired) electrons. The van der Waals surface area contributed by atoms with E-state index in [4.69, 9.17) is 4.74 Å². The number of hydrogen-bond acceptors (Lipinski definition) is 5. The number of nitrogens with zero attached hydrogens (tertiary/aromatic N) is 1.